The number of aliphatic hydroxyl groups excluding tert-OH is 1. The van der Waals surface area contributed by atoms with E-state index >= 15 is 0 Å². The fraction of sp³-hybridized carbons (Fsp3) is 0.400. The molecule has 176 valence electrons. The standard InChI is InChI=1S/C20H24Cl2N2O6S2/c21-14-5-8-16(9-6-14)31(26,27)23-12-11-15-7-10-18(19(13-25)30-15)24-32(28,29)20-4-2-1-3-17(20)22/h1-6,8-9,15,18-19,23-25H,7,10-13H2/t15-,18+,19+/m1/s1. The number of ether oxygens (including phenoxy) is 1. The van der Waals surface area contributed by atoms with Gasteiger partial charge in [0.1, 0.15) is 4.90 Å². The molecule has 1 aliphatic heterocycles. The summed E-state index contributed by atoms with van der Waals surface area (Å²) >= 11 is 11.8. The van der Waals surface area contributed by atoms with Crippen LogP contribution in [0.25, 0.3) is 0 Å². The third kappa shape index (κ3) is 6.42. The van der Waals surface area contributed by atoms with E-state index in [9.17, 15) is 21.9 Å². The van der Waals surface area contributed by atoms with Gasteiger partial charge in [0.05, 0.1) is 34.8 Å². The van der Waals surface area contributed by atoms with Crippen LogP contribution in [0.15, 0.2) is 58.3 Å². The van der Waals surface area contributed by atoms with Crippen LogP contribution in [0.3, 0.4) is 0 Å². The van der Waals surface area contributed by atoms with E-state index in [2.05, 4.69) is 9.44 Å². The average molecular weight is 523 g/mol. The number of benzene rings is 2. The van der Waals surface area contributed by atoms with Gasteiger partial charge in [-0.1, -0.05) is 35.3 Å². The number of halogens is 2. The quantitative estimate of drug-likeness (QED) is 0.465. The van der Waals surface area contributed by atoms with Crippen LogP contribution in [-0.4, -0.2) is 53.3 Å². The molecule has 0 spiro atoms. The highest BCUT2D eigenvalue weighted by atomic mass is 35.5. The van der Waals surface area contributed by atoms with Gasteiger partial charge < -0.3 is 9.84 Å². The Labute approximate surface area is 198 Å². The zero-order chi connectivity index (χ0) is 23.4. The molecule has 2 aromatic rings. The van der Waals surface area contributed by atoms with Gasteiger partial charge in [-0.3, -0.25) is 0 Å². The smallest absolute Gasteiger partial charge is 0.242 e. The van der Waals surface area contributed by atoms with Crippen LogP contribution >= 0.6 is 23.2 Å². The Bertz CT molecular complexity index is 1130. The Morgan fingerprint density at radius 3 is 2.31 bits per heavy atom. The molecule has 0 aromatic heterocycles. The molecule has 1 saturated heterocycles. The molecule has 3 N–H and O–H groups in total. The Hall–Kier alpha value is -1.24. The molecule has 12 heteroatoms. The monoisotopic (exact) mass is 522 g/mol. The van der Waals surface area contributed by atoms with Gasteiger partial charge in [-0.25, -0.2) is 26.3 Å². The molecule has 0 aliphatic carbocycles. The minimum atomic E-state index is -3.90. The number of hydrogen-bond acceptors (Lipinski definition) is 6. The molecule has 1 aliphatic rings. The summed E-state index contributed by atoms with van der Waals surface area (Å²) in [5, 5.41) is 10.3. The maximum Gasteiger partial charge on any atom is 0.242 e. The predicted molar refractivity (Wildman–Crippen MR) is 122 cm³/mol. The van der Waals surface area contributed by atoms with Crippen LogP contribution < -0.4 is 9.44 Å². The first-order valence-corrected chi connectivity index (χ1v) is 13.6. The first-order valence-electron chi connectivity index (χ1n) is 9.91. The maximum absolute atomic E-state index is 12.7. The van der Waals surface area contributed by atoms with Gasteiger partial charge in [-0.05, 0) is 55.7 Å². The summed E-state index contributed by atoms with van der Waals surface area (Å²) in [6, 6.07) is 11.3. The zero-order valence-electron chi connectivity index (χ0n) is 16.9. The zero-order valence-corrected chi connectivity index (χ0v) is 20.1. The Morgan fingerprint density at radius 2 is 1.66 bits per heavy atom. The second-order valence-corrected chi connectivity index (χ2v) is 11.6. The highest BCUT2D eigenvalue weighted by Gasteiger charge is 2.34. The first-order chi connectivity index (χ1) is 15.1. The summed E-state index contributed by atoms with van der Waals surface area (Å²) in [5.74, 6) is 0. The summed E-state index contributed by atoms with van der Waals surface area (Å²) in [5.41, 5.74) is 0. The minimum absolute atomic E-state index is 0.0444. The van der Waals surface area contributed by atoms with Gasteiger partial charge in [0, 0.05) is 11.6 Å². The van der Waals surface area contributed by atoms with Crippen molar-refractivity contribution in [1.29, 1.82) is 0 Å². The first kappa shape index (κ1) is 25.4. The second kappa shape index (κ2) is 10.8. The van der Waals surface area contributed by atoms with Crippen LogP contribution in [0.4, 0.5) is 0 Å². The van der Waals surface area contributed by atoms with E-state index in [-0.39, 0.29) is 34.1 Å². The van der Waals surface area contributed by atoms with Crippen molar-refractivity contribution in [2.45, 2.75) is 47.3 Å². The van der Waals surface area contributed by atoms with Crippen molar-refractivity contribution in [3.8, 4) is 0 Å². The van der Waals surface area contributed by atoms with Crippen molar-refractivity contribution in [2.24, 2.45) is 0 Å². The highest BCUT2D eigenvalue weighted by molar-refractivity contribution is 7.89. The van der Waals surface area contributed by atoms with Crippen LogP contribution in [0, 0.1) is 0 Å². The lowest BCUT2D eigenvalue weighted by Crippen LogP contribution is -2.51. The molecule has 0 amide bonds. The van der Waals surface area contributed by atoms with Crippen LogP contribution in [-0.2, 0) is 24.8 Å². The van der Waals surface area contributed by atoms with Gasteiger partial charge in [-0.15, -0.1) is 0 Å². The Kier molecular flexibility index (Phi) is 8.56. The van der Waals surface area contributed by atoms with Gasteiger partial charge in [0.25, 0.3) is 0 Å². The molecule has 0 saturated carbocycles. The SMILES string of the molecule is O=S(=O)(NCC[C@H]1CC[C@H](NS(=O)(=O)c2ccccc2Cl)[C@H](CO)O1)c1ccc(Cl)cc1. The van der Waals surface area contributed by atoms with Gasteiger partial charge >= 0.3 is 0 Å². The summed E-state index contributed by atoms with van der Waals surface area (Å²) in [6.45, 7) is -0.257. The topological polar surface area (TPSA) is 122 Å². The van der Waals surface area contributed by atoms with E-state index in [4.69, 9.17) is 27.9 Å². The molecule has 32 heavy (non-hydrogen) atoms. The van der Waals surface area contributed by atoms with Gasteiger partial charge in [0.2, 0.25) is 20.0 Å². The number of rotatable bonds is 9. The van der Waals surface area contributed by atoms with Crippen LogP contribution in [0.5, 0.6) is 0 Å². The number of aliphatic hydroxyl groups is 1. The van der Waals surface area contributed by atoms with E-state index in [0.29, 0.717) is 24.3 Å². The van der Waals surface area contributed by atoms with Crippen molar-refractivity contribution in [3.05, 3.63) is 58.6 Å². The molecule has 1 fully saturated rings. The van der Waals surface area contributed by atoms with Crippen molar-refractivity contribution in [1.82, 2.24) is 9.44 Å². The molecule has 0 radical (unpaired) electrons. The van der Waals surface area contributed by atoms with Crippen molar-refractivity contribution in [2.75, 3.05) is 13.2 Å². The molecule has 8 nitrogen and oxygen atoms in total. The summed E-state index contributed by atoms with van der Waals surface area (Å²) in [4.78, 5) is 0.0610. The number of nitrogens with one attached hydrogen (secondary N) is 2. The van der Waals surface area contributed by atoms with Gasteiger partial charge in [0.15, 0.2) is 0 Å². The molecule has 3 atom stereocenters. The lowest BCUT2D eigenvalue weighted by Gasteiger charge is -2.36. The van der Waals surface area contributed by atoms with Crippen LogP contribution in [0.1, 0.15) is 19.3 Å². The predicted octanol–water partition coefficient (Wildman–Crippen LogP) is 2.55. The fourth-order valence-electron chi connectivity index (χ4n) is 3.46. The second-order valence-electron chi connectivity index (χ2n) is 7.36. The summed E-state index contributed by atoms with van der Waals surface area (Å²) in [7, 11) is -7.58. The van der Waals surface area contributed by atoms with E-state index in [1.54, 1.807) is 12.1 Å². The lowest BCUT2D eigenvalue weighted by atomic mass is 9.98. The fourth-order valence-corrected chi connectivity index (χ4v) is 6.45. The number of hydrogen-bond donors (Lipinski definition) is 3. The van der Waals surface area contributed by atoms with E-state index in [1.165, 1.54) is 36.4 Å². The molecule has 2 aromatic carbocycles. The molecule has 1 heterocycles. The normalized spacial score (nSPS) is 22.0. The van der Waals surface area contributed by atoms with Crippen molar-refractivity contribution < 1.29 is 26.7 Å². The summed E-state index contributed by atoms with van der Waals surface area (Å²) < 4.78 is 61.0. The number of sulfonamides is 2. The Morgan fingerprint density at radius 1 is 0.969 bits per heavy atom. The average Bonchev–Trinajstić information content (AvgIpc) is 2.75. The maximum atomic E-state index is 12.7. The van der Waals surface area contributed by atoms with E-state index in [0.717, 1.165) is 0 Å². The molecule has 0 unspecified atom stereocenters. The molecule has 0 bridgehead atoms. The third-order valence-corrected chi connectivity index (χ3v) is 8.83. The van der Waals surface area contributed by atoms with Crippen molar-refractivity contribution >= 4 is 43.2 Å². The largest absolute Gasteiger partial charge is 0.394 e. The molecular weight excluding hydrogens is 499 g/mol. The third-order valence-electron chi connectivity index (χ3n) is 5.11. The minimum Gasteiger partial charge on any atom is -0.394 e. The summed E-state index contributed by atoms with van der Waals surface area (Å²) in [6.07, 6.45) is 0.186. The van der Waals surface area contributed by atoms with E-state index < -0.39 is 32.2 Å². The highest BCUT2D eigenvalue weighted by Crippen LogP contribution is 2.26. The van der Waals surface area contributed by atoms with Crippen LogP contribution in [0.2, 0.25) is 10.0 Å². The molecular formula is C20H24Cl2N2O6S2. The Balaban J connectivity index is 1.55. The van der Waals surface area contributed by atoms with Gasteiger partial charge in [-0.2, -0.15) is 0 Å². The van der Waals surface area contributed by atoms with Crippen molar-refractivity contribution in [3.63, 3.8) is 0 Å². The molecule has 3 rings (SSSR count). The lowest BCUT2D eigenvalue weighted by molar-refractivity contribution is -0.0869. The van der Waals surface area contributed by atoms with E-state index in [1.807, 2.05) is 0 Å².